The van der Waals surface area contributed by atoms with E-state index in [1.165, 1.54) is 56.6 Å². The van der Waals surface area contributed by atoms with Gasteiger partial charge in [-0.1, -0.05) is 50.5 Å². The molecule has 1 nitrogen and oxygen atoms in total. The van der Waals surface area contributed by atoms with Crippen LogP contribution in [0.3, 0.4) is 0 Å². The fourth-order valence-corrected chi connectivity index (χ4v) is 3.90. The number of ether oxygens (including phenoxy) is 1. The SMILES string of the molecule is CCCC[C@H]1CC[C@H](c2ccc(COc3ccc(F)c(F)c3)cc2)CC1. The molecule has 0 atom stereocenters. The van der Waals surface area contributed by atoms with E-state index in [1.54, 1.807) is 0 Å². The van der Waals surface area contributed by atoms with E-state index in [-0.39, 0.29) is 0 Å². The third-order valence-corrected chi connectivity index (χ3v) is 5.56. The van der Waals surface area contributed by atoms with Gasteiger partial charge in [-0.2, -0.15) is 0 Å². The van der Waals surface area contributed by atoms with E-state index < -0.39 is 11.6 Å². The van der Waals surface area contributed by atoms with Crippen molar-refractivity contribution in [2.24, 2.45) is 5.92 Å². The lowest BCUT2D eigenvalue weighted by molar-refractivity contribution is 0.301. The molecular formula is C23H28F2O. The van der Waals surface area contributed by atoms with Crippen molar-refractivity contribution < 1.29 is 13.5 Å². The molecular weight excluding hydrogens is 330 g/mol. The first-order chi connectivity index (χ1) is 12.7. The molecule has 0 unspecified atom stereocenters. The maximum Gasteiger partial charge on any atom is 0.162 e. The first kappa shape index (κ1) is 18.9. The molecule has 1 fully saturated rings. The van der Waals surface area contributed by atoms with Crippen LogP contribution < -0.4 is 4.74 Å². The highest BCUT2D eigenvalue weighted by Gasteiger charge is 2.21. The first-order valence-electron chi connectivity index (χ1n) is 9.82. The summed E-state index contributed by atoms with van der Waals surface area (Å²) >= 11 is 0. The Morgan fingerprint density at radius 2 is 1.65 bits per heavy atom. The molecule has 0 aromatic heterocycles. The van der Waals surface area contributed by atoms with Crippen molar-refractivity contribution in [3.05, 3.63) is 65.2 Å². The second kappa shape index (κ2) is 9.16. The second-order valence-corrected chi connectivity index (χ2v) is 7.47. The summed E-state index contributed by atoms with van der Waals surface area (Å²) in [7, 11) is 0. The molecule has 2 aromatic rings. The van der Waals surface area contributed by atoms with E-state index in [9.17, 15) is 8.78 Å². The number of rotatable bonds is 7. The third kappa shape index (κ3) is 5.06. The van der Waals surface area contributed by atoms with Gasteiger partial charge in [-0.25, -0.2) is 8.78 Å². The zero-order chi connectivity index (χ0) is 18.4. The molecule has 0 spiro atoms. The summed E-state index contributed by atoms with van der Waals surface area (Å²) < 4.78 is 31.7. The minimum absolute atomic E-state index is 0.346. The van der Waals surface area contributed by atoms with Crippen LogP contribution in [0.4, 0.5) is 8.78 Å². The second-order valence-electron chi connectivity index (χ2n) is 7.47. The Bertz CT molecular complexity index is 688. The van der Waals surface area contributed by atoms with Gasteiger partial charge < -0.3 is 4.74 Å². The van der Waals surface area contributed by atoms with E-state index in [1.807, 2.05) is 0 Å². The highest BCUT2D eigenvalue weighted by Crippen LogP contribution is 2.37. The smallest absolute Gasteiger partial charge is 0.162 e. The van der Waals surface area contributed by atoms with Gasteiger partial charge in [0.15, 0.2) is 11.6 Å². The molecule has 2 aromatic carbocycles. The number of benzene rings is 2. The Balaban J connectivity index is 1.50. The zero-order valence-electron chi connectivity index (χ0n) is 15.5. The number of unbranched alkanes of at least 4 members (excludes halogenated alkanes) is 1. The zero-order valence-corrected chi connectivity index (χ0v) is 15.5. The Morgan fingerprint density at radius 1 is 0.923 bits per heavy atom. The molecule has 140 valence electrons. The predicted octanol–water partition coefficient (Wildman–Crippen LogP) is 7.01. The van der Waals surface area contributed by atoms with Gasteiger partial charge >= 0.3 is 0 Å². The van der Waals surface area contributed by atoms with Crippen LogP contribution in [-0.2, 0) is 6.61 Å². The quantitative estimate of drug-likeness (QED) is 0.517. The van der Waals surface area contributed by atoms with Crippen LogP contribution in [0.5, 0.6) is 5.75 Å². The maximum absolute atomic E-state index is 13.2. The van der Waals surface area contributed by atoms with Crippen LogP contribution in [0, 0.1) is 17.6 Å². The average molecular weight is 358 g/mol. The fourth-order valence-electron chi connectivity index (χ4n) is 3.90. The van der Waals surface area contributed by atoms with Gasteiger partial charge in [0.1, 0.15) is 12.4 Å². The van der Waals surface area contributed by atoms with Crippen LogP contribution in [0.2, 0.25) is 0 Å². The highest BCUT2D eigenvalue weighted by molar-refractivity contribution is 5.27. The Labute approximate surface area is 155 Å². The number of hydrogen-bond donors (Lipinski definition) is 0. The summed E-state index contributed by atoms with van der Waals surface area (Å²) in [6.45, 7) is 2.62. The molecule has 0 radical (unpaired) electrons. The van der Waals surface area contributed by atoms with Crippen LogP contribution in [0.15, 0.2) is 42.5 Å². The van der Waals surface area contributed by atoms with Crippen molar-refractivity contribution in [2.45, 2.75) is 64.4 Å². The highest BCUT2D eigenvalue weighted by atomic mass is 19.2. The molecule has 1 aliphatic carbocycles. The van der Waals surface area contributed by atoms with E-state index in [4.69, 9.17) is 4.74 Å². The average Bonchev–Trinajstić information content (AvgIpc) is 2.68. The van der Waals surface area contributed by atoms with Gasteiger partial charge in [0, 0.05) is 6.07 Å². The Hall–Kier alpha value is -1.90. The van der Waals surface area contributed by atoms with Crippen LogP contribution in [0.25, 0.3) is 0 Å². The van der Waals surface area contributed by atoms with Gasteiger partial charge in [-0.05, 0) is 60.8 Å². The molecule has 0 N–H and O–H groups in total. The first-order valence-corrected chi connectivity index (χ1v) is 9.82. The Morgan fingerprint density at radius 3 is 2.31 bits per heavy atom. The molecule has 0 aliphatic heterocycles. The summed E-state index contributed by atoms with van der Waals surface area (Å²) in [5.74, 6) is 0.209. The van der Waals surface area contributed by atoms with E-state index in [0.717, 1.165) is 23.6 Å². The summed E-state index contributed by atoms with van der Waals surface area (Å²) in [5, 5.41) is 0. The summed E-state index contributed by atoms with van der Waals surface area (Å²) in [6.07, 6.45) is 9.34. The van der Waals surface area contributed by atoms with Crippen LogP contribution in [0.1, 0.15) is 68.9 Å². The molecule has 3 rings (SSSR count). The minimum atomic E-state index is -0.882. The topological polar surface area (TPSA) is 9.23 Å². The van der Waals surface area contributed by atoms with E-state index in [0.29, 0.717) is 18.3 Å². The normalized spacial score (nSPS) is 20.1. The lowest BCUT2D eigenvalue weighted by atomic mass is 9.77. The Kier molecular flexibility index (Phi) is 6.65. The van der Waals surface area contributed by atoms with Crippen molar-refractivity contribution in [1.29, 1.82) is 0 Å². The third-order valence-electron chi connectivity index (χ3n) is 5.56. The number of hydrogen-bond acceptors (Lipinski definition) is 1. The maximum atomic E-state index is 13.2. The van der Waals surface area contributed by atoms with E-state index in [2.05, 4.69) is 31.2 Å². The number of halogens is 2. The van der Waals surface area contributed by atoms with Gasteiger partial charge in [0.05, 0.1) is 0 Å². The molecule has 0 heterocycles. The molecule has 0 saturated heterocycles. The van der Waals surface area contributed by atoms with Crippen molar-refractivity contribution in [1.82, 2.24) is 0 Å². The fraction of sp³-hybridized carbons (Fsp3) is 0.478. The molecule has 1 saturated carbocycles. The monoisotopic (exact) mass is 358 g/mol. The minimum Gasteiger partial charge on any atom is -0.489 e. The summed E-state index contributed by atoms with van der Waals surface area (Å²) in [6, 6.07) is 12.2. The molecule has 0 amide bonds. The lowest BCUT2D eigenvalue weighted by Gasteiger charge is -2.29. The van der Waals surface area contributed by atoms with Crippen molar-refractivity contribution >= 4 is 0 Å². The summed E-state index contributed by atoms with van der Waals surface area (Å²) in [4.78, 5) is 0. The molecule has 26 heavy (non-hydrogen) atoms. The van der Waals surface area contributed by atoms with Gasteiger partial charge in [-0.15, -0.1) is 0 Å². The standard InChI is InChI=1S/C23H28F2O/c1-2-3-4-17-5-9-19(10-6-17)20-11-7-18(8-12-20)16-26-21-13-14-22(24)23(25)15-21/h7-8,11-15,17,19H,2-6,9-10,16H2,1H3/t17-,19-. The van der Waals surface area contributed by atoms with Gasteiger partial charge in [-0.3, -0.25) is 0 Å². The van der Waals surface area contributed by atoms with Crippen molar-refractivity contribution in [3.8, 4) is 5.75 Å². The molecule has 1 aliphatic rings. The van der Waals surface area contributed by atoms with Crippen molar-refractivity contribution in [2.75, 3.05) is 0 Å². The lowest BCUT2D eigenvalue weighted by Crippen LogP contribution is -2.13. The molecule has 0 bridgehead atoms. The molecule has 3 heteroatoms. The van der Waals surface area contributed by atoms with E-state index >= 15 is 0 Å². The predicted molar refractivity (Wildman–Crippen MR) is 101 cm³/mol. The van der Waals surface area contributed by atoms with Gasteiger partial charge in [0.25, 0.3) is 0 Å². The van der Waals surface area contributed by atoms with Crippen molar-refractivity contribution in [3.63, 3.8) is 0 Å². The largest absolute Gasteiger partial charge is 0.489 e. The summed E-state index contributed by atoms with van der Waals surface area (Å²) in [5.41, 5.74) is 2.45. The van der Waals surface area contributed by atoms with Crippen LogP contribution >= 0.6 is 0 Å². The van der Waals surface area contributed by atoms with Gasteiger partial charge in [0.2, 0.25) is 0 Å². The van der Waals surface area contributed by atoms with Crippen LogP contribution in [-0.4, -0.2) is 0 Å².